The molecule has 0 radical (unpaired) electrons. The molecule has 0 bridgehead atoms. The Morgan fingerprint density at radius 2 is 1.94 bits per heavy atom. The van der Waals surface area contributed by atoms with Crippen LogP contribution in [-0.4, -0.2) is 37.2 Å². The Balaban J connectivity index is 1.80. The molecule has 1 aliphatic heterocycles. The van der Waals surface area contributed by atoms with Crippen LogP contribution in [0.1, 0.15) is 52.5 Å². The van der Waals surface area contributed by atoms with Gasteiger partial charge < -0.3 is 19.9 Å². The van der Waals surface area contributed by atoms with Crippen LogP contribution < -0.4 is 15.8 Å². The van der Waals surface area contributed by atoms with Gasteiger partial charge in [0.1, 0.15) is 0 Å². The van der Waals surface area contributed by atoms with E-state index in [9.17, 15) is 9.59 Å². The van der Waals surface area contributed by atoms with Gasteiger partial charge in [-0.2, -0.15) is 0 Å². The smallest absolute Gasteiger partial charge is 0.253 e. The van der Waals surface area contributed by atoms with Crippen molar-refractivity contribution in [2.24, 2.45) is 5.92 Å². The lowest BCUT2D eigenvalue weighted by atomic mass is 9.98. The lowest BCUT2D eigenvalue weighted by Crippen LogP contribution is -2.33. The molecule has 0 saturated carbocycles. The van der Waals surface area contributed by atoms with Gasteiger partial charge in [0.15, 0.2) is 0 Å². The Bertz CT molecular complexity index is 996. The summed E-state index contributed by atoms with van der Waals surface area (Å²) in [4.78, 5) is 30.4. The first-order valence-corrected chi connectivity index (χ1v) is 11.3. The molecule has 168 valence electrons. The number of pyridine rings is 1. The Morgan fingerprint density at radius 3 is 2.58 bits per heavy atom. The Hall–Kier alpha value is -2.31. The highest BCUT2D eigenvalue weighted by molar-refractivity contribution is 6.31. The summed E-state index contributed by atoms with van der Waals surface area (Å²) in [6, 6.07) is 5.54. The maximum atomic E-state index is 13.0. The van der Waals surface area contributed by atoms with Crippen molar-refractivity contribution >= 4 is 23.2 Å². The molecule has 7 heteroatoms. The number of benzene rings is 1. The highest BCUT2D eigenvalue weighted by Crippen LogP contribution is 2.30. The van der Waals surface area contributed by atoms with Gasteiger partial charge in [-0.05, 0) is 75.8 Å². The molecule has 0 spiro atoms. The van der Waals surface area contributed by atoms with Crippen LogP contribution >= 0.6 is 11.6 Å². The average Bonchev–Trinajstić information content (AvgIpc) is 2.73. The van der Waals surface area contributed by atoms with Gasteiger partial charge in [0.05, 0.1) is 0 Å². The molecule has 0 atom stereocenters. The van der Waals surface area contributed by atoms with E-state index in [1.54, 1.807) is 6.07 Å². The number of nitrogens with one attached hydrogen (secondary N) is 2. The van der Waals surface area contributed by atoms with Crippen molar-refractivity contribution in [3.63, 3.8) is 0 Å². The number of halogens is 1. The molecule has 1 aromatic heterocycles. The fourth-order valence-corrected chi connectivity index (χ4v) is 4.44. The molecule has 1 amide bonds. The van der Waals surface area contributed by atoms with E-state index in [2.05, 4.69) is 22.1 Å². The van der Waals surface area contributed by atoms with Crippen LogP contribution in [0.4, 0.5) is 5.69 Å². The van der Waals surface area contributed by atoms with Gasteiger partial charge in [0, 0.05) is 60.4 Å². The summed E-state index contributed by atoms with van der Waals surface area (Å²) in [5.41, 5.74) is 4.47. The molecule has 1 aromatic carbocycles. The van der Waals surface area contributed by atoms with Gasteiger partial charge in [-0.1, -0.05) is 11.6 Å². The predicted molar refractivity (Wildman–Crippen MR) is 125 cm³/mol. The third-order valence-corrected chi connectivity index (χ3v) is 6.27. The molecule has 31 heavy (non-hydrogen) atoms. The van der Waals surface area contributed by atoms with Crippen LogP contribution in [-0.2, 0) is 11.3 Å². The van der Waals surface area contributed by atoms with Crippen LogP contribution in [0.3, 0.4) is 0 Å². The monoisotopic (exact) mass is 445 g/mol. The molecule has 1 saturated heterocycles. The van der Waals surface area contributed by atoms with Crippen LogP contribution in [0, 0.1) is 26.7 Å². The third kappa shape index (κ3) is 5.69. The number of anilines is 1. The fourth-order valence-electron chi connectivity index (χ4n) is 4.23. The summed E-state index contributed by atoms with van der Waals surface area (Å²) in [5, 5.41) is 3.43. The largest absolute Gasteiger partial charge is 0.381 e. The summed E-state index contributed by atoms with van der Waals surface area (Å²) in [6.07, 6.45) is 2.10. The zero-order valence-electron chi connectivity index (χ0n) is 18.8. The second-order valence-corrected chi connectivity index (χ2v) is 8.75. The Kier molecular flexibility index (Phi) is 7.79. The summed E-state index contributed by atoms with van der Waals surface area (Å²) >= 11 is 6.41. The molecular weight excluding hydrogens is 414 g/mol. The number of aromatic nitrogens is 1. The van der Waals surface area contributed by atoms with Crippen molar-refractivity contribution in [3.05, 3.63) is 61.5 Å². The number of amides is 1. The summed E-state index contributed by atoms with van der Waals surface area (Å²) in [5.74, 6) is 0.336. The van der Waals surface area contributed by atoms with Crippen molar-refractivity contribution in [2.45, 2.75) is 47.1 Å². The first kappa shape index (κ1) is 23.4. The van der Waals surface area contributed by atoms with E-state index >= 15 is 0 Å². The van der Waals surface area contributed by atoms with Crippen LogP contribution in [0.15, 0.2) is 23.0 Å². The van der Waals surface area contributed by atoms with E-state index in [4.69, 9.17) is 16.3 Å². The quantitative estimate of drug-likeness (QED) is 0.671. The van der Waals surface area contributed by atoms with E-state index in [1.807, 2.05) is 32.9 Å². The Morgan fingerprint density at radius 1 is 1.23 bits per heavy atom. The summed E-state index contributed by atoms with van der Waals surface area (Å²) in [6.45, 7) is 11.3. The maximum Gasteiger partial charge on any atom is 0.253 e. The van der Waals surface area contributed by atoms with Crippen LogP contribution in [0.2, 0.25) is 5.02 Å². The molecule has 1 fully saturated rings. The number of carbonyl (C=O) groups excluding carboxylic acids is 1. The van der Waals surface area contributed by atoms with Crippen molar-refractivity contribution in [1.29, 1.82) is 0 Å². The standard InChI is InChI=1S/C24H32ClN3O3/c1-5-28(14-18-6-8-31-9-7-18)22-12-19(25)11-20(17(22)4)23(29)26-13-21-15(2)10-16(3)27-24(21)30/h10-12,18H,5-9,13-14H2,1-4H3,(H,26,29)(H,27,30). The van der Waals surface area contributed by atoms with Gasteiger partial charge in [0.25, 0.3) is 11.5 Å². The highest BCUT2D eigenvalue weighted by atomic mass is 35.5. The van der Waals surface area contributed by atoms with Gasteiger partial charge in [-0.15, -0.1) is 0 Å². The summed E-state index contributed by atoms with van der Waals surface area (Å²) in [7, 11) is 0. The second kappa shape index (κ2) is 10.3. The average molecular weight is 446 g/mol. The number of ether oxygens (including phenoxy) is 1. The Labute approximate surface area is 188 Å². The summed E-state index contributed by atoms with van der Waals surface area (Å²) < 4.78 is 5.48. The number of rotatable bonds is 7. The zero-order chi connectivity index (χ0) is 22.5. The van der Waals surface area contributed by atoms with Crippen LogP contribution in [0.5, 0.6) is 0 Å². The molecular formula is C24H32ClN3O3. The van der Waals surface area contributed by atoms with Crippen molar-refractivity contribution in [3.8, 4) is 0 Å². The first-order chi connectivity index (χ1) is 14.8. The van der Waals surface area contributed by atoms with Gasteiger partial charge in [0.2, 0.25) is 0 Å². The lowest BCUT2D eigenvalue weighted by Gasteiger charge is -2.32. The van der Waals surface area contributed by atoms with Crippen molar-refractivity contribution in [1.82, 2.24) is 10.3 Å². The first-order valence-electron chi connectivity index (χ1n) is 10.9. The number of aromatic amines is 1. The van der Waals surface area contributed by atoms with Crippen LogP contribution in [0.25, 0.3) is 0 Å². The molecule has 6 nitrogen and oxygen atoms in total. The number of aryl methyl sites for hydroxylation is 2. The zero-order valence-corrected chi connectivity index (χ0v) is 19.6. The normalized spacial score (nSPS) is 14.5. The minimum absolute atomic E-state index is 0.168. The van der Waals surface area contributed by atoms with Gasteiger partial charge in [-0.3, -0.25) is 9.59 Å². The van der Waals surface area contributed by atoms with E-state index in [0.29, 0.717) is 22.1 Å². The highest BCUT2D eigenvalue weighted by Gasteiger charge is 2.21. The van der Waals surface area contributed by atoms with Crippen molar-refractivity contribution < 1.29 is 9.53 Å². The molecule has 0 unspecified atom stereocenters. The fraction of sp³-hybridized carbons (Fsp3) is 0.500. The third-order valence-electron chi connectivity index (χ3n) is 6.05. The molecule has 1 aliphatic rings. The van der Waals surface area contributed by atoms with Gasteiger partial charge >= 0.3 is 0 Å². The molecule has 3 rings (SSSR count). The van der Waals surface area contributed by atoms with E-state index < -0.39 is 0 Å². The molecule has 2 heterocycles. The van der Waals surface area contributed by atoms with E-state index in [-0.39, 0.29) is 18.0 Å². The lowest BCUT2D eigenvalue weighted by molar-refractivity contribution is 0.0683. The van der Waals surface area contributed by atoms with E-state index in [1.165, 1.54) is 0 Å². The van der Waals surface area contributed by atoms with E-state index in [0.717, 1.165) is 61.7 Å². The predicted octanol–water partition coefficient (Wildman–Crippen LogP) is 4.14. The minimum Gasteiger partial charge on any atom is -0.381 e. The number of carbonyl (C=O) groups is 1. The second-order valence-electron chi connectivity index (χ2n) is 8.32. The number of hydrogen-bond acceptors (Lipinski definition) is 4. The minimum atomic E-state index is -0.234. The number of hydrogen-bond donors (Lipinski definition) is 2. The van der Waals surface area contributed by atoms with Gasteiger partial charge in [-0.25, -0.2) is 0 Å². The van der Waals surface area contributed by atoms with Crippen molar-refractivity contribution in [2.75, 3.05) is 31.2 Å². The topological polar surface area (TPSA) is 74.4 Å². The molecule has 2 aromatic rings. The molecule has 0 aliphatic carbocycles. The molecule has 2 N–H and O–H groups in total. The maximum absolute atomic E-state index is 13.0. The number of H-pyrrole nitrogens is 1. The SMILES string of the molecule is CCN(CC1CCOCC1)c1cc(Cl)cc(C(=O)NCc2c(C)cc(C)[nH]c2=O)c1C. The number of nitrogens with zero attached hydrogens (tertiary/aromatic N) is 1.